The first-order valence-corrected chi connectivity index (χ1v) is 7.38. The predicted molar refractivity (Wildman–Crippen MR) is 77.6 cm³/mol. The van der Waals surface area contributed by atoms with E-state index in [1.165, 1.54) is 0 Å². The third-order valence-electron chi connectivity index (χ3n) is 3.50. The van der Waals surface area contributed by atoms with Gasteiger partial charge in [0.1, 0.15) is 5.60 Å². The number of rotatable bonds is 4. The third-order valence-corrected chi connectivity index (χ3v) is 3.50. The van der Waals surface area contributed by atoms with Crippen LogP contribution in [0.15, 0.2) is 0 Å². The average molecular weight is 287 g/mol. The summed E-state index contributed by atoms with van der Waals surface area (Å²) in [6.07, 6.45) is 1.35. The van der Waals surface area contributed by atoms with Gasteiger partial charge in [-0.25, -0.2) is 4.79 Å². The van der Waals surface area contributed by atoms with Gasteiger partial charge in [-0.15, -0.1) is 0 Å². The van der Waals surface area contributed by atoms with Gasteiger partial charge in [-0.1, -0.05) is 6.92 Å². The molecule has 5 heteroatoms. The third kappa shape index (κ3) is 5.67. The number of hydrogen-bond donors (Lipinski definition) is 1. The molecule has 5 nitrogen and oxygen atoms in total. The van der Waals surface area contributed by atoms with Crippen LogP contribution in [0.1, 0.15) is 47.5 Å². The van der Waals surface area contributed by atoms with Gasteiger partial charge >= 0.3 is 6.09 Å². The Morgan fingerprint density at radius 3 is 2.35 bits per heavy atom. The summed E-state index contributed by atoms with van der Waals surface area (Å²) in [6, 6.07) is 0. The molecule has 0 aliphatic carbocycles. The van der Waals surface area contributed by atoms with Crippen LogP contribution >= 0.6 is 0 Å². The average Bonchev–Trinajstić information content (AvgIpc) is 2.34. The molecule has 0 radical (unpaired) electrons. The Morgan fingerprint density at radius 2 is 1.90 bits per heavy atom. The molecule has 1 fully saturated rings. The lowest BCUT2D eigenvalue weighted by molar-refractivity contribution is -0.0860. The van der Waals surface area contributed by atoms with Crippen molar-refractivity contribution in [1.82, 2.24) is 4.90 Å². The van der Waals surface area contributed by atoms with E-state index in [9.17, 15) is 4.79 Å². The number of hydrogen-bond acceptors (Lipinski definition) is 4. The quantitative estimate of drug-likeness (QED) is 0.862. The van der Waals surface area contributed by atoms with Crippen LogP contribution in [0.5, 0.6) is 0 Å². The number of carbonyl (C=O) groups is 1. The monoisotopic (exact) mass is 287 g/mol. The molecular weight excluding hydrogens is 258 g/mol. The molecule has 1 rings (SSSR count). The molecule has 0 aromatic carbocycles. The largest absolute Gasteiger partial charge is 0.444 e. The fourth-order valence-corrected chi connectivity index (χ4v) is 2.03. The van der Waals surface area contributed by atoms with Crippen molar-refractivity contribution in [1.29, 1.82) is 0 Å². The molecule has 1 aliphatic heterocycles. The standard InChI is InChI=1S/C15H29NO4/c1-12(10-17)11-19-15(5)6-8-16(9-7-15)13(18)20-14(2,3)4/h12,17H,6-11H2,1-5H3. The Bertz CT molecular complexity index is 316. The van der Waals surface area contributed by atoms with Crippen molar-refractivity contribution in [2.24, 2.45) is 5.92 Å². The zero-order valence-corrected chi connectivity index (χ0v) is 13.4. The minimum Gasteiger partial charge on any atom is -0.444 e. The molecule has 1 unspecified atom stereocenters. The van der Waals surface area contributed by atoms with Crippen LogP contribution in [0, 0.1) is 5.92 Å². The Kier molecular flexibility index (Phi) is 5.83. The maximum Gasteiger partial charge on any atom is 0.410 e. The Balaban J connectivity index is 2.40. The lowest BCUT2D eigenvalue weighted by atomic mass is 9.93. The molecule has 1 saturated heterocycles. The van der Waals surface area contributed by atoms with Crippen LogP contribution in [0.25, 0.3) is 0 Å². The van der Waals surface area contributed by atoms with Gasteiger partial charge in [0, 0.05) is 25.6 Å². The van der Waals surface area contributed by atoms with E-state index in [1.807, 2.05) is 27.7 Å². The molecule has 0 aromatic heterocycles. The zero-order valence-electron chi connectivity index (χ0n) is 13.4. The Hall–Kier alpha value is -0.810. The molecule has 0 spiro atoms. The summed E-state index contributed by atoms with van der Waals surface area (Å²) in [4.78, 5) is 13.7. The number of likely N-dealkylation sites (tertiary alicyclic amines) is 1. The molecule has 1 aliphatic rings. The zero-order chi connectivity index (χ0) is 15.4. The summed E-state index contributed by atoms with van der Waals surface area (Å²) in [7, 11) is 0. The lowest BCUT2D eigenvalue weighted by Crippen LogP contribution is -2.48. The normalized spacial score (nSPS) is 20.6. The van der Waals surface area contributed by atoms with Crippen LogP contribution in [0.2, 0.25) is 0 Å². The summed E-state index contributed by atoms with van der Waals surface area (Å²) in [5.41, 5.74) is -0.660. The number of aliphatic hydroxyl groups excluding tert-OH is 1. The van der Waals surface area contributed by atoms with E-state index in [1.54, 1.807) is 4.90 Å². The van der Waals surface area contributed by atoms with Gasteiger partial charge in [0.15, 0.2) is 0 Å². The van der Waals surface area contributed by atoms with Crippen LogP contribution in [-0.4, -0.2) is 53.6 Å². The highest BCUT2D eigenvalue weighted by atomic mass is 16.6. The highest BCUT2D eigenvalue weighted by Crippen LogP contribution is 2.27. The van der Waals surface area contributed by atoms with Gasteiger partial charge in [0.2, 0.25) is 0 Å². The number of amides is 1. The molecule has 1 N–H and O–H groups in total. The van der Waals surface area contributed by atoms with Crippen molar-refractivity contribution in [3.05, 3.63) is 0 Å². The number of aliphatic hydroxyl groups is 1. The SMILES string of the molecule is CC(CO)COC1(C)CCN(C(=O)OC(C)(C)C)CC1. The number of piperidine rings is 1. The molecule has 0 aromatic rings. The summed E-state index contributed by atoms with van der Waals surface area (Å²) >= 11 is 0. The first-order valence-electron chi connectivity index (χ1n) is 7.38. The fraction of sp³-hybridized carbons (Fsp3) is 0.933. The van der Waals surface area contributed by atoms with Crippen molar-refractivity contribution in [2.45, 2.75) is 58.7 Å². The van der Waals surface area contributed by atoms with Gasteiger partial charge in [-0.3, -0.25) is 0 Å². The fourth-order valence-electron chi connectivity index (χ4n) is 2.03. The Morgan fingerprint density at radius 1 is 1.35 bits per heavy atom. The van der Waals surface area contributed by atoms with Crippen molar-refractivity contribution >= 4 is 6.09 Å². The minimum atomic E-state index is -0.453. The molecule has 1 amide bonds. The first-order chi connectivity index (χ1) is 9.15. The van der Waals surface area contributed by atoms with E-state index in [4.69, 9.17) is 14.6 Å². The van der Waals surface area contributed by atoms with E-state index < -0.39 is 5.60 Å². The summed E-state index contributed by atoms with van der Waals surface area (Å²) in [6.45, 7) is 11.6. The summed E-state index contributed by atoms with van der Waals surface area (Å²) in [5.74, 6) is 0.149. The molecule has 1 heterocycles. The highest BCUT2D eigenvalue weighted by Gasteiger charge is 2.34. The minimum absolute atomic E-state index is 0.139. The number of nitrogens with zero attached hydrogens (tertiary/aromatic N) is 1. The summed E-state index contributed by atoms with van der Waals surface area (Å²) in [5, 5.41) is 9.02. The van der Waals surface area contributed by atoms with Crippen molar-refractivity contribution in [3.63, 3.8) is 0 Å². The van der Waals surface area contributed by atoms with E-state index in [2.05, 4.69) is 6.92 Å². The molecule has 118 valence electrons. The van der Waals surface area contributed by atoms with Gasteiger partial charge in [-0.2, -0.15) is 0 Å². The number of ether oxygens (including phenoxy) is 2. The van der Waals surface area contributed by atoms with Crippen LogP contribution in [0.4, 0.5) is 4.79 Å². The van der Waals surface area contributed by atoms with E-state index in [-0.39, 0.29) is 24.2 Å². The van der Waals surface area contributed by atoms with Crippen LogP contribution in [-0.2, 0) is 9.47 Å². The Labute approximate surface area is 122 Å². The topological polar surface area (TPSA) is 59.0 Å². The van der Waals surface area contributed by atoms with E-state index >= 15 is 0 Å². The second kappa shape index (κ2) is 6.76. The van der Waals surface area contributed by atoms with E-state index in [0.717, 1.165) is 12.8 Å². The van der Waals surface area contributed by atoms with Crippen molar-refractivity contribution < 1.29 is 19.4 Å². The summed E-state index contributed by atoms with van der Waals surface area (Å²) < 4.78 is 11.3. The van der Waals surface area contributed by atoms with Gasteiger partial charge < -0.3 is 19.5 Å². The lowest BCUT2D eigenvalue weighted by Gasteiger charge is -2.40. The molecular formula is C15H29NO4. The molecule has 0 bridgehead atoms. The van der Waals surface area contributed by atoms with Gasteiger partial charge in [0.05, 0.1) is 12.2 Å². The van der Waals surface area contributed by atoms with Crippen molar-refractivity contribution in [3.8, 4) is 0 Å². The predicted octanol–water partition coefficient (Wildman–Crippen LogP) is 2.42. The second-order valence-corrected chi connectivity index (χ2v) is 7.02. The van der Waals surface area contributed by atoms with Gasteiger partial charge in [0.25, 0.3) is 0 Å². The van der Waals surface area contributed by atoms with E-state index in [0.29, 0.717) is 19.7 Å². The van der Waals surface area contributed by atoms with Crippen LogP contribution in [0.3, 0.4) is 0 Å². The molecule has 0 saturated carbocycles. The van der Waals surface area contributed by atoms with Crippen LogP contribution < -0.4 is 0 Å². The number of carbonyl (C=O) groups excluding carboxylic acids is 1. The molecule has 20 heavy (non-hydrogen) atoms. The second-order valence-electron chi connectivity index (χ2n) is 7.02. The smallest absolute Gasteiger partial charge is 0.410 e. The highest BCUT2D eigenvalue weighted by molar-refractivity contribution is 5.68. The molecule has 1 atom stereocenters. The maximum atomic E-state index is 12.0. The first kappa shape index (κ1) is 17.2. The van der Waals surface area contributed by atoms with Gasteiger partial charge in [-0.05, 0) is 40.5 Å². The maximum absolute atomic E-state index is 12.0. The van der Waals surface area contributed by atoms with Crippen molar-refractivity contribution in [2.75, 3.05) is 26.3 Å².